The third kappa shape index (κ3) is 4.39. The maximum atomic E-state index is 12.9. The number of nitrogens with zero attached hydrogens (tertiary/aromatic N) is 2. The molecule has 0 saturated heterocycles. The molecule has 6 heteroatoms. The van der Waals surface area contributed by atoms with Crippen molar-refractivity contribution in [1.29, 1.82) is 0 Å². The van der Waals surface area contributed by atoms with E-state index in [-0.39, 0.29) is 18.2 Å². The zero-order valence-corrected chi connectivity index (χ0v) is 17.9. The Kier molecular flexibility index (Phi) is 6.14. The van der Waals surface area contributed by atoms with E-state index < -0.39 is 0 Å². The highest BCUT2D eigenvalue weighted by Crippen LogP contribution is 2.32. The first-order valence-corrected chi connectivity index (χ1v) is 11.0. The SMILES string of the molecule is C[C@@H](Oc1ccccc1-c1ccsc1)C1=NCCN1C(=O)N[C@H](C)c1ccccc1. The van der Waals surface area contributed by atoms with Gasteiger partial charge < -0.3 is 10.1 Å². The van der Waals surface area contributed by atoms with Crippen LogP contribution in [0.3, 0.4) is 0 Å². The molecule has 4 rings (SSSR count). The molecule has 1 aliphatic heterocycles. The van der Waals surface area contributed by atoms with Crippen LogP contribution in [0.4, 0.5) is 4.79 Å². The van der Waals surface area contributed by atoms with Gasteiger partial charge in [0.05, 0.1) is 12.6 Å². The number of para-hydroxylation sites is 1. The van der Waals surface area contributed by atoms with Crippen molar-refractivity contribution in [3.63, 3.8) is 0 Å². The van der Waals surface area contributed by atoms with E-state index in [4.69, 9.17) is 4.74 Å². The second kappa shape index (κ2) is 9.13. The Hall–Kier alpha value is -3.12. The Morgan fingerprint density at radius 2 is 1.87 bits per heavy atom. The fourth-order valence-corrected chi connectivity index (χ4v) is 4.23. The quantitative estimate of drug-likeness (QED) is 0.584. The first kappa shape index (κ1) is 20.2. The summed E-state index contributed by atoms with van der Waals surface area (Å²) in [5.74, 6) is 1.45. The number of ether oxygens (including phenoxy) is 1. The number of benzene rings is 2. The normalized spacial score (nSPS) is 15.4. The number of amidine groups is 1. The topological polar surface area (TPSA) is 53.9 Å². The van der Waals surface area contributed by atoms with E-state index >= 15 is 0 Å². The van der Waals surface area contributed by atoms with Crippen LogP contribution in [0, 0.1) is 0 Å². The molecule has 154 valence electrons. The van der Waals surface area contributed by atoms with E-state index in [9.17, 15) is 4.79 Å². The number of rotatable bonds is 6. The average molecular weight is 420 g/mol. The number of aliphatic imine (C=N–C) groups is 1. The zero-order chi connectivity index (χ0) is 20.9. The molecule has 2 atom stereocenters. The van der Waals surface area contributed by atoms with Gasteiger partial charge in [-0.25, -0.2) is 4.79 Å². The number of hydrogen-bond acceptors (Lipinski definition) is 4. The molecule has 1 N–H and O–H groups in total. The lowest BCUT2D eigenvalue weighted by Crippen LogP contribution is -2.47. The van der Waals surface area contributed by atoms with Gasteiger partial charge >= 0.3 is 6.03 Å². The smallest absolute Gasteiger partial charge is 0.323 e. The highest BCUT2D eigenvalue weighted by molar-refractivity contribution is 7.08. The molecule has 0 unspecified atom stereocenters. The zero-order valence-electron chi connectivity index (χ0n) is 17.1. The molecular weight excluding hydrogens is 394 g/mol. The number of thiophene rings is 1. The third-order valence-electron chi connectivity index (χ3n) is 5.15. The molecule has 0 radical (unpaired) electrons. The minimum absolute atomic E-state index is 0.0870. The van der Waals surface area contributed by atoms with Gasteiger partial charge in [0.1, 0.15) is 11.6 Å². The van der Waals surface area contributed by atoms with Gasteiger partial charge in [-0.1, -0.05) is 48.5 Å². The van der Waals surface area contributed by atoms with Crippen molar-refractivity contribution in [2.45, 2.75) is 26.0 Å². The van der Waals surface area contributed by atoms with Crippen molar-refractivity contribution in [1.82, 2.24) is 10.2 Å². The van der Waals surface area contributed by atoms with Crippen molar-refractivity contribution in [2.24, 2.45) is 4.99 Å². The average Bonchev–Trinajstić information content (AvgIpc) is 3.47. The summed E-state index contributed by atoms with van der Waals surface area (Å²) in [6.07, 6.45) is -0.343. The molecular formula is C24H25N3O2S. The molecule has 1 aliphatic rings. The molecule has 0 saturated carbocycles. The second-order valence-corrected chi connectivity index (χ2v) is 8.02. The van der Waals surface area contributed by atoms with Crippen LogP contribution in [-0.2, 0) is 0 Å². The summed E-state index contributed by atoms with van der Waals surface area (Å²) < 4.78 is 6.28. The molecule has 0 fully saturated rings. The summed E-state index contributed by atoms with van der Waals surface area (Å²) in [6.45, 7) is 5.07. The number of carbonyl (C=O) groups excluding carboxylic acids is 1. The Bertz CT molecular complexity index is 1020. The van der Waals surface area contributed by atoms with Crippen LogP contribution < -0.4 is 10.1 Å². The van der Waals surface area contributed by atoms with E-state index in [0.717, 1.165) is 22.4 Å². The lowest BCUT2D eigenvalue weighted by molar-refractivity contribution is 0.213. The van der Waals surface area contributed by atoms with Gasteiger partial charge in [-0.2, -0.15) is 11.3 Å². The summed E-state index contributed by atoms with van der Waals surface area (Å²) >= 11 is 1.65. The summed E-state index contributed by atoms with van der Waals surface area (Å²) in [5.41, 5.74) is 3.23. The van der Waals surface area contributed by atoms with Crippen LogP contribution in [0.25, 0.3) is 11.1 Å². The van der Waals surface area contributed by atoms with E-state index in [1.165, 1.54) is 0 Å². The van der Waals surface area contributed by atoms with Gasteiger partial charge in [-0.05, 0) is 47.9 Å². The van der Waals surface area contributed by atoms with Gasteiger partial charge in [0.15, 0.2) is 6.10 Å². The second-order valence-electron chi connectivity index (χ2n) is 7.24. The van der Waals surface area contributed by atoms with Crippen LogP contribution in [0.2, 0.25) is 0 Å². The van der Waals surface area contributed by atoms with Gasteiger partial charge in [0.2, 0.25) is 0 Å². The van der Waals surface area contributed by atoms with Crippen LogP contribution in [0.1, 0.15) is 25.5 Å². The largest absolute Gasteiger partial charge is 0.482 e. The maximum Gasteiger partial charge on any atom is 0.323 e. The van der Waals surface area contributed by atoms with Gasteiger partial charge in [-0.3, -0.25) is 9.89 Å². The lowest BCUT2D eigenvalue weighted by Gasteiger charge is -2.26. The summed E-state index contributed by atoms with van der Waals surface area (Å²) in [5, 5.41) is 7.23. The predicted octanol–water partition coefficient (Wildman–Crippen LogP) is 5.37. The first-order valence-electron chi connectivity index (χ1n) is 10.1. The van der Waals surface area contributed by atoms with Gasteiger partial charge in [0, 0.05) is 12.1 Å². The van der Waals surface area contributed by atoms with E-state index in [2.05, 4.69) is 27.1 Å². The molecule has 0 spiro atoms. The highest BCUT2D eigenvalue weighted by atomic mass is 32.1. The highest BCUT2D eigenvalue weighted by Gasteiger charge is 2.30. The van der Waals surface area contributed by atoms with Crippen LogP contribution in [-0.4, -0.2) is 36.0 Å². The number of hydrogen-bond donors (Lipinski definition) is 1. The fourth-order valence-electron chi connectivity index (χ4n) is 3.58. The summed E-state index contributed by atoms with van der Waals surface area (Å²) in [6, 6.07) is 19.7. The standard InChI is InChI=1S/C24H25N3O2S/c1-17(19-8-4-3-5-9-19)26-24(28)27-14-13-25-23(27)18(2)29-22-11-7-6-10-21(22)20-12-15-30-16-20/h3-12,15-18H,13-14H2,1-2H3,(H,26,28)/t17-,18-/m1/s1. The van der Waals surface area contributed by atoms with Crippen molar-refractivity contribution in [2.75, 3.05) is 13.1 Å². The van der Waals surface area contributed by atoms with Crippen molar-refractivity contribution in [3.05, 3.63) is 77.0 Å². The minimum atomic E-state index is -0.343. The number of nitrogens with one attached hydrogen (secondary N) is 1. The predicted molar refractivity (Wildman–Crippen MR) is 122 cm³/mol. The summed E-state index contributed by atoms with van der Waals surface area (Å²) in [7, 11) is 0. The lowest BCUT2D eigenvalue weighted by atomic mass is 10.1. The van der Waals surface area contributed by atoms with E-state index in [1.54, 1.807) is 16.2 Å². The molecule has 1 aromatic heterocycles. The van der Waals surface area contributed by atoms with Crippen molar-refractivity contribution in [3.8, 4) is 16.9 Å². The van der Waals surface area contributed by atoms with E-state index in [1.807, 2.05) is 68.4 Å². The first-order chi connectivity index (χ1) is 14.6. The van der Waals surface area contributed by atoms with Crippen molar-refractivity contribution < 1.29 is 9.53 Å². The molecule has 0 bridgehead atoms. The number of urea groups is 1. The monoisotopic (exact) mass is 419 g/mol. The molecule has 2 heterocycles. The Morgan fingerprint density at radius 3 is 2.63 bits per heavy atom. The van der Waals surface area contributed by atoms with Gasteiger partial charge in [0.25, 0.3) is 0 Å². The van der Waals surface area contributed by atoms with Crippen molar-refractivity contribution >= 4 is 23.2 Å². The Morgan fingerprint density at radius 1 is 1.10 bits per heavy atom. The van der Waals surface area contributed by atoms with E-state index in [0.29, 0.717) is 18.9 Å². The maximum absolute atomic E-state index is 12.9. The third-order valence-corrected chi connectivity index (χ3v) is 5.83. The van der Waals surface area contributed by atoms with Crippen LogP contribution >= 0.6 is 11.3 Å². The van der Waals surface area contributed by atoms with Crippen LogP contribution in [0.5, 0.6) is 5.75 Å². The molecule has 3 aromatic rings. The van der Waals surface area contributed by atoms with Crippen LogP contribution in [0.15, 0.2) is 76.4 Å². The fraction of sp³-hybridized carbons (Fsp3) is 0.250. The number of carbonyl (C=O) groups is 1. The van der Waals surface area contributed by atoms with Gasteiger partial charge in [-0.15, -0.1) is 0 Å². The molecule has 2 amide bonds. The molecule has 0 aliphatic carbocycles. The Balaban J connectivity index is 1.46. The molecule has 5 nitrogen and oxygen atoms in total. The summed E-state index contributed by atoms with van der Waals surface area (Å²) in [4.78, 5) is 19.2. The Labute approximate surface area is 181 Å². The minimum Gasteiger partial charge on any atom is -0.482 e. The number of amides is 2. The molecule has 30 heavy (non-hydrogen) atoms. The molecule has 2 aromatic carbocycles.